The molecule has 1 aromatic rings. The Morgan fingerprint density at radius 2 is 2.19 bits per heavy atom. The number of aromatic nitrogens is 1. The monoisotopic (exact) mass is 234 g/mol. The van der Waals surface area contributed by atoms with Crippen LogP contribution in [0, 0.1) is 0 Å². The second-order valence-corrected chi connectivity index (χ2v) is 4.00. The predicted octanol–water partition coefficient (Wildman–Crippen LogP) is 2.96. The van der Waals surface area contributed by atoms with E-state index in [0.29, 0.717) is 0 Å². The van der Waals surface area contributed by atoms with Crippen LogP contribution in [0.2, 0.25) is 0 Å². The first-order valence-corrected chi connectivity index (χ1v) is 4.51. The third-order valence-electron chi connectivity index (χ3n) is 1.34. The fourth-order valence-electron chi connectivity index (χ4n) is 0.853. The number of halogens is 2. The van der Waals surface area contributed by atoms with E-state index in [9.17, 15) is 13.6 Å². The molecule has 0 aromatic carbocycles. The Kier molecular flexibility index (Phi) is 3.46. The largest absolute Gasteiger partial charge is 0.444 e. The van der Waals surface area contributed by atoms with Crippen LogP contribution in [0.15, 0.2) is 10.7 Å². The second-order valence-electron chi connectivity index (χ2n) is 4.00. The lowest BCUT2D eigenvalue weighted by molar-refractivity contribution is 0.0635. The lowest BCUT2D eigenvalue weighted by atomic mass is 10.2. The van der Waals surface area contributed by atoms with E-state index in [4.69, 9.17) is 4.74 Å². The molecule has 16 heavy (non-hydrogen) atoms. The third kappa shape index (κ3) is 3.84. The summed E-state index contributed by atoms with van der Waals surface area (Å²) in [5.41, 5.74) is -0.667. The number of anilines is 1. The number of alkyl halides is 2. The zero-order chi connectivity index (χ0) is 12.3. The first-order valence-electron chi connectivity index (χ1n) is 4.51. The molecule has 0 aliphatic heterocycles. The third-order valence-corrected chi connectivity index (χ3v) is 1.34. The van der Waals surface area contributed by atoms with Crippen molar-refractivity contribution >= 4 is 11.9 Å². The summed E-state index contributed by atoms with van der Waals surface area (Å²) in [5, 5.41) is 2.17. The molecule has 0 aliphatic carbocycles. The Labute approximate surface area is 90.8 Å². The van der Waals surface area contributed by atoms with Gasteiger partial charge in [-0.25, -0.2) is 4.79 Å². The van der Waals surface area contributed by atoms with Crippen LogP contribution in [0.4, 0.5) is 19.4 Å². The van der Waals surface area contributed by atoms with E-state index in [2.05, 4.69) is 14.7 Å². The molecule has 0 fully saturated rings. The van der Waals surface area contributed by atoms with Crippen molar-refractivity contribution in [2.24, 2.45) is 0 Å². The van der Waals surface area contributed by atoms with Gasteiger partial charge in [0.25, 0.3) is 5.89 Å². The van der Waals surface area contributed by atoms with Crippen molar-refractivity contribution in [2.75, 3.05) is 5.32 Å². The molecule has 0 radical (unpaired) electrons. The van der Waals surface area contributed by atoms with Crippen molar-refractivity contribution in [3.63, 3.8) is 0 Å². The number of ether oxygens (including phenoxy) is 1. The smallest absolute Gasteiger partial charge is 0.413 e. The maximum Gasteiger partial charge on any atom is 0.413 e. The van der Waals surface area contributed by atoms with Gasteiger partial charge in [0, 0.05) is 0 Å². The van der Waals surface area contributed by atoms with Gasteiger partial charge in [-0.15, -0.1) is 0 Å². The molecule has 1 heterocycles. The zero-order valence-corrected chi connectivity index (χ0v) is 9.08. The van der Waals surface area contributed by atoms with E-state index in [1.165, 1.54) is 0 Å². The molecular weight excluding hydrogens is 222 g/mol. The molecule has 0 bridgehead atoms. The average molecular weight is 234 g/mol. The molecule has 7 heteroatoms. The van der Waals surface area contributed by atoms with E-state index in [-0.39, 0.29) is 5.82 Å². The Bertz CT molecular complexity index is 371. The van der Waals surface area contributed by atoms with Crippen molar-refractivity contribution in [3.8, 4) is 0 Å². The molecular formula is C9H12F2N2O3. The highest BCUT2D eigenvalue weighted by Gasteiger charge is 2.19. The highest BCUT2D eigenvalue weighted by atomic mass is 19.3. The number of rotatable bonds is 2. The van der Waals surface area contributed by atoms with Gasteiger partial charge in [-0.2, -0.15) is 13.8 Å². The first kappa shape index (κ1) is 12.4. The van der Waals surface area contributed by atoms with Crippen molar-refractivity contribution in [3.05, 3.63) is 12.2 Å². The van der Waals surface area contributed by atoms with Crippen LogP contribution in [0.25, 0.3) is 0 Å². The zero-order valence-electron chi connectivity index (χ0n) is 9.08. The van der Waals surface area contributed by atoms with Gasteiger partial charge in [0.05, 0.1) is 0 Å². The topological polar surface area (TPSA) is 64.4 Å². The number of carbonyl (C=O) groups excluding carboxylic acids is 1. The molecule has 5 nitrogen and oxygen atoms in total. The Morgan fingerprint density at radius 1 is 1.56 bits per heavy atom. The highest BCUT2D eigenvalue weighted by molar-refractivity contribution is 5.83. The van der Waals surface area contributed by atoms with Gasteiger partial charge in [-0.3, -0.25) is 5.32 Å². The van der Waals surface area contributed by atoms with Crippen molar-refractivity contribution in [1.82, 2.24) is 4.98 Å². The molecule has 1 aromatic heterocycles. The van der Waals surface area contributed by atoms with Gasteiger partial charge < -0.3 is 9.15 Å². The lowest BCUT2D eigenvalue weighted by Gasteiger charge is -2.18. The van der Waals surface area contributed by atoms with Crippen LogP contribution in [0.3, 0.4) is 0 Å². The quantitative estimate of drug-likeness (QED) is 0.854. The molecule has 90 valence electrons. The number of carbonyl (C=O) groups is 1. The number of hydrogen-bond acceptors (Lipinski definition) is 4. The van der Waals surface area contributed by atoms with Gasteiger partial charge in [0.15, 0.2) is 5.82 Å². The van der Waals surface area contributed by atoms with Crippen LogP contribution in [0.1, 0.15) is 33.1 Å². The van der Waals surface area contributed by atoms with E-state index < -0.39 is 24.0 Å². The molecule has 1 rings (SSSR count). The summed E-state index contributed by atoms with van der Waals surface area (Å²) < 4.78 is 33.5. The van der Waals surface area contributed by atoms with E-state index in [1.54, 1.807) is 20.8 Å². The van der Waals surface area contributed by atoms with Gasteiger partial charge in [-0.05, 0) is 20.8 Å². The molecule has 0 spiro atoms. The maximum absolute atomic E-state index is 12.1. The Morgan fingerprint density at radius 3 is 2.62 bits per heavy atom. The van der Waals surface area contributed by atoms with Crippen LogP contribution in [0.5, 0.6) is 0 Å². The summed E-state index contributed by atoms with van der Waals surface area (Å²) in [6.07, 6.45) is -2.67. The van der Waals surface area contributed by atoms with Crippen LogP contribution >= 0.6 is 0 Å². The average Bonchev–Trinajstić information content (AvgIpc) is 2.48. The number of oxazole rings is 1. The number of amides is 1. The van der Waals surface area contributed by atoms with Crippen LogP contribution in [-0.4, -0.2) is 16.7 Å². The Hall–Kier alpha value is -1.66. The van der Waals surface area contributed by atoms with Gasteiger partial charge in [0.1, 0.15) is 11.9 Å². The standard InChI is InChI=1S/C9H12F2N2O3/c1-9(2,3)16-8(14)13-5-4-15-7(12-5)6(10)11/h4,6H,1-3H3,(H,13,14). The highest BCUT2D eigenvalue weighted by Crippen LogP contribution is 2.20. The Balaban J connectivity index is 2.57. The van der Waals surface area contributed by atoms with Gasteiger partial charge >= 0.3 is 12.5 Å². The maximum atomic E-state index is 12.1. The fourth-order valence-corrected chi connectivity index (χ4v) is 0.853. The normalized spacial score (nSPS) is 11.6. The summed E-state index contributed by atoms with van der Waals surface area (Å²) in [6.45, 7) is 5.04. The summed E-state index contributed by atoms with van der Waals surface area (Å²) in [5.74, 6) is -0.851. The molecule has 0 saturated carbocycles. The number of nitrogens with one attached hydrogen (secondary N) is 1. The fraction of sp³-hybridized carbons (Fsp3) is 0.556. The van der Waals surface area contributed by atoms with Crippen LogP contribution < -0.4 is 5.32 Å². The molecule has 0 atom stereocenters. The van der Waals surface area contributed by atoms with Crippen molar-refractivity contribution < 1.29 is 22.7 Å². The molecule has 1 N–H and O–H groups in total. The lowest BCUT2D eigenvalue weighted by Crippen LogP contribution is -2.27. The minimum Gasteiger partial charge on any atom is -0.444 e. The summed E-state index contributed by atoms with van der Waals surface area (Å²) in [7, 11) is 0. The van der Waals surface area contributed by atoms with E-state index in [1.807, 2.05) is 0 Å². The summed E-state index contributed by atoms with van der Waals surface area (Å²) in [6, 6.07) is 0. The van der Waals surface area contributed by atoms with Gasteiger partial charge in [0.2, 0.25) is 0 Å². The van der Waals surface area contributed by atoms with Crippen molar-refractivity contribution in [2.45, 2.75) is 32.8 Å². The van der Waals surface area contributed by atoms with E-state index >= 15 is 0 Å². The molecule has 1 amide bonds. The molecule has 0 unspecified atom stereocenters. The van der Waals surface area contributed by atoms with Gasteiger partial charge in [-0.1, -0.05) is 0 Å². The molecule has 0 saturated heterocycles. The number of hydrogen-bond donors (Lipinski definition) is 1. The minimum atomic E-state index is -2.81. The minimum absolute atomic E-state index is 0.107. The van der Waals surface area contributed by atoms with Crippen molar-refractivity contribution in [1.29, 1.82) is 0 Å². The first-order chi connectivity index (χ1) is 7.28. The second kappa shape index (κ2) is 4.46. The summed E-state index contributed by atoms with van der Waals surface area (Å²) >= 11 is 0. The summed E-state index contributed by atoms with van der Waals surface area (Å²) in [4.78, 5) is 14.6. The SMILES string of the molecule is CC(C)(C)OC(=O)Nc1coc(C(F)F)n1. The van der Waals surface area contributed by atoms with E-state index in [0.717, 1.165) is 6.26 Å². The molecule has 0 aliphatic rings. The van der Waals surface area contributed by atoms with Crippen LogP contribution in [-0.2, 0) is 4.74 Å². The predicted molar refractivity (Wildman–Crippen MR) is 51.3 cm³/mol. The number of nitrogens with zero attached hydrogens (tertiary/aromatic N) is 1.